The molecule has 1 aliphatic rings. The average Bonchev–Trinajstić information content (AvgIpc) is 2.61. The Morgan fingerprint density at radius 3 is 2.67 bits per heavy atom. The fourth-order valence-corrected chi connectivity index (χ4v) is 3.80. The molecule has 1 aromatic rings. The van der Waals surface area contributed by atoms with Gasteiger partial charge in [0.1, 0.15) is 5.92 Å². The van der Waals surface area contributed by atoms with Crippen molar-refractivity contribution in [1.29, 1.82) is 5.26 Å². The fraction of sp³-hybridized carbons (Fsp3) is 0.389. The van der Waals surface area contributed by atoms with Crippen LogP contribution in [0.4, 0.5) is 0 Å². The van der Waals surface area contributed by atoms with Crippen LogP contribution < -0.4 is 5.32 Å². The summed E-state index contributed by atoms with van der Waals surface area (Å²) in [5.41, 5.74) is 1.17. The van der Waals surface area contributed by atoms with Gasteiger partial charge in [-0.05, 0) is 17.7 Å². The van der Waals surface area contributed by atoms with E-state index in [0.717, 1.165) is 24.2 Å². The maximum Gasteiger partial charge on any atom is 0.319 e. The van der Waals surface area contributed by atoms with E-state index in [4.69, 9.17) is 4.74 Å². The Bertz CT molecular complexity index is 679. The zero-order chi connectivity index (χ0) is 17.5. The van der Waals surface area contributed by atoms with Gasteiger partial charge >= 0.3 is 5.97 Å². The maximum atomic E-state index is 12.5. The van der Waals surface area contributed by atoms with E-state index in [-0.39, 0.29) is 0 Å². The van der Waals surface area contributed by atoms with Crippen molar-refractivity contribution in [3.8, 4) is 6.07 Å². The number of allylic oxidation sites excluding steroid dienone is 1. The third-order valence-electron chi connectivity index (χ3n) is 3.89. The van der Waals surface area contributed by atoms with Crippen molar-refractivity contribution >= 4 is 23.6 Å². The number of thioether (sulfide) groups is 1. The monoisotopic (exact) mass is 344 g/mol. The summed E-state index contributed by atoms with van der Waals surface area (Å²) in [5.74, 6) is -1.92. The van der Waals surface area contributed by atoms with Crippen molar-refractivity contribution in [1.82, 2.24) is 5.32 Å². The van der Waals surface area contributed by atoms with Crippen LogP contribution in [0.3, 0.4) is 0 Å². The van der Waals surface area contributed by atoms with Gasteiger partial charge in [-0.25, -0.2) is 0 Å². The molecule has 0 saturated carbocycles. The number of ether oxygens (including phenoxy) is 1. The van der Waals surface area contributed by atoms with Gasteiger partial charge in [0.05, 0.1) is 23.8 Å². The quantitative estimate of drug-likeness (QED) is 0.487. The zero-order valence-corrected chi connectivity index (χ0v) is 14.6. The highest BCUT2D eigenvalue weighted by molar-refractivity contribution is 8.03. The second kappa shape index (κ2) is 8.55. The summed E-state index contributed by atoms with van der Waals surface area (Å²) in [6.45, 7) is 2.08. The Morgan fingerprint density at radius 2 is 2.08 bits per heavy atom. The summed E-state index contributed by atoms with van der Waals surface area (Å²) in [6.07, 6.45) is 2.02. The molecule has 5 nitrogen and oxygen atoms in total. The number of carbonyl (C=O) groups is 2. The van der Waals surface area contributed by atoms with Crippen LogP contribution in [0.2, 0.25) is 0 Å². The van der Waals surface area contributed by atoms with E-state index >= 15 is 0 Å². The van der Waals surface area contributed by atoms with E-state index in [1.807, 2.05) is 30.3 Å². The fourth-order valence-electron chi connectivity index (χ4n) is 2.66. The first kappa shape index (κ1) is 18.1. The number of rotatable bonds is 6. The molecule has 1 N–H and O–H groups in total. The molecule has 6 heteroatoms. The van der Waals surface area contributed by atoms with Crippen molar-refractivity contribution < 1.29 is 14.3 Å². The third-order valence-corrected chi connectivity index (χ3v) is 4.99. The number of amides is 1. The molecule has 0 spiro atoms. The van der Waals surface area contributed by atoms with Crippen LogP contribution in [-0.2, 0) is 14.3 Å². The minimum atomic E-state index is -1.05. The summed E-state index contributed by atoms with van der Waals surface area (Å²) in [6, 6.07) is 11.4. The number of carbonyl (C=O) groups excluding carboxylic acids is 2. The lowest BCUT2D eigenvalue weighted by atomic mass is 9.78. The molecule has 0 bridgehead atoms. The molecule has 0 saturated heterocycles. The smallest absolute Gasteiger partial charge is 0.319 e. The molecule has 0 aromatic heterocycles. The largest absolute Gasteiger partial charge is 0.468 e. The summed E-state index contributed by atoms with van der Waals surface area (Å²) in [7, 11) is 1.25. The predicted octanol–water partition coefficient (Wildman–Crippen LogP) is 2.96. The Hall–Kier alpha value is -2.26. The van der Waals surface area contributed by atoms with Gasteiger partial charge in [0.15, 0.2) is 0 Å². The highest BCUT2D eigenvalue weighted by Gasteiger charge is 2.44. The SMILES string of the molecule is CCCCSC1=C(C#N)[C@H](c2ccccc2)[C@H](C(=O)OC)C(=O)N1. The van der Waals surface area contributed by atoms with Crippen LogP contribution in [0.1, 0.15) is 31.2 Å². The number of nitrogens with one attached hydrogen (secondary N) is 1. The Kier molecular flexibility index (Phi) is 6.44. The van der Waals surface area contributed by atoms with E-state index in [2.05, 4.69) is 18.3 Å². The molecule has 0 radical (unpaired) electrons. The van der Waals surface area contributed by atoms with E-state index in [1.54, 1.807) is 0 Å². The number of nitrogens with zero attached hydrogens (tertiary/aromatic N) is 1. The van der Waals surface area contributed by atoms with Gasteiger partial charge < -0.3 is 10.1 Å². The number of unbranched alkanes of at least 4 members (excludes halogenated alkanes) is 1. The van der Waals surface area contributed by atoms with Crippen molar-refractivity contribution in [3.63, 3.8) is 0 Å². The minimum absolute atomic E-state index is 0.414. The van der Waals surface area contributed by atoms with Crippen LogP contribution in [0.25, 0.3) is 0 Å². The minimum Gasteiger partial charge on any atom is -0.468 e. The summed E-state index contributed by atoms with van der Waals surface area (Å²) < 4.78 is 4.80. The topological polar surface area (TPSA) is 79.2 Å². The average molecular weight is 344 g/mol. The molecule has 2 atom stereocenters. The van der Waals surface area contributed by atoms with Crippen molar-refractivity contribution in [2.24, 2.45) is 5.92 Å². The molecule has 1 aliphatic heterocycles. The lowest BCUT2D eigenvalue weighted by Gasteiger charge is -2.30. The van der Waals surface area contributed by atoms with E-state index in [9.17, 15) is 14.9 Å². The molecule has 0 fully saturated rings. The highest BCUT2D eigenvalue weighted by atomic mass is 32.2. The first-order valence-electron chi connectivity index (χ1n) is 7.84. The predicted molar refractivity (Wildman–Crippen MR) is 92.8 cm³/mol. The van der Waals surface area contributed by atoms with E-state index in [0.29, 0.717) is 10.6 Å². The second-order valence-electron chi connectivity index (χ2n) is 5.44. The van der Waals surface area contributed by atoms with Gasteiger partial charge in [-0.3, -0.25) is 9.59 Å². The number of benzene rings is 1. The van der Waals surface area contributed by atoms with Crippen LogP contribution in [0, 0.1) is 17.2 Å². The highest BCUT2D eigenvalue weighted by Crippen LogP contribution is 2.40. The Balaban J connectivity index is 2.49. The lowest BCUT2D eigenvalue weighted by Crippen LogP contribution is -2.44. The molecule has 24 heavy (non-hydrogen) atoms. The molecule has 126 valence electrons. The van der Waals surface area contributed by atoms with Gasteiger partial charge in [0.2, 0.25) is 5.91 Å². The normalized spacial score (nSPS) is 20.3. The standard InChI is InChI=1S/C18H20N2O3S/c1-3-4-10-24-17-13(11-19)14(12-8-6-5-7-9-12)15(16(21)20-17)18(22)23-2/h5-9,14-15H,3-4,10H2,1-2H3,(H,20,21)/t14-,15-/m0/s1. The number of hydrogen-bond acceptors (Lipinski definition) is 5. The molecule has 1 aromatic carbocycles. The van der Waals surface area contributed by atoms with E-state index < -0.39 is 23.7 Å². The Labute approximate surface area is 146 Å². The third kappa shape index (κ3) is 3.80. The molecule has 2 rings (SSSR count). The number of methoxy groups -OCH3 is 1. The summed E-state index contributed by atoms with van der Waals surface area (Å²) in [4.78, 5) is 24.7. The first-order chi connectivity index (χ1) is 11.6. The Morgan fingerprint density at radius 1 is 1.38 bits per heavy atom. The molecular formula is C18H20N2O3S. The zero-order valence-electron chi connectivity index (χ0n) is 13.7. The molecule has 1 amide bonds. The van der Waals surface area contributed by atoms with Crippen LogP contribution >= 0.6 is 11.8 Å². The maximum absolute atomic E-state index is 12.5. The number of hydrogen-bond donors (Lipinski definition) is 1. The van der Waals surface area contributed by atoms with Gasteiger partial charge in [0, 0.05) is 5.92 Å². The van der Waals surface area contributed by atoms with Crippen molar-refractivity contribution in [2.75, 3.05) is 12.9 Å². The lowest BCUT2D eigenvalue weighted by molar-refractivity contribution is -0.150. The van der Waals surface area contributed by atoms with Crippen LogP contribution in [0.15, 0.2) is 40.9 Å². The number of esters is 1. The van der Waals surface area contributed by atoms with Gasteiger partial charge in [0.25, 0.3) is 0 Å². The van der Waals surface area contributed by atoms with Gasteiger partial charge in [-0.15, -0.1) is 11.8 Å². The van der Waals surface area contributed by atoms with Crippen molar-refractivity contribution in [3.05, 3.63) is 46.5 Å². The first-order valence-corrected chi connectivity index (χ1v) is 8.83. The molecule has 0 aliphatic carbocycles. The number of nitriles is 1. The summed E-state index contributed by atoms with van der Waals surface area (Å²) >= 11 is 1.45. The van der Waals surface area contributed by atoms with Crippen LogP contribution in [0.5, 0.6) is 0 Å². The van der Waals surface area contributed by atoms with Crippen LogP contribution in [-0.4, -0.2) is 24.7 Å². The van der Waals surface area contributed by atoms with Gasteiger partial charge in [-0.2, -0.15) is 5.26 Å². The molecule has 1 heterocycles. The van der Waals surface area contributed by atoms with Crippen molar-refractivity contribution in [2.45, 2.75) is 25.7 Å². The summed E-state index contributed by atoms with van der Waals surface area (Å²) in [5, 5.41) is 13.0. The molecule has 0 unspecified atom stereocenters. The molecular weight excluding hydrogens is 324 g/mol. The van der Waals surface area contributed by atoms with Gasteiger partial charge in [-0.1, -0.05) is 43.7 Å². The second-order valence-corrected chi connectivity index (χ2v) is 6.54. The van der Waals surface area contributed by atoms with E-state index in [1.165, 1.54) is 18.9 Å².